The number of hydrogen-bond donors (Lipinski definition) is 2. The van der Waals surface area contributed by atoms with Gasteiger partial charge >= 0.3 is 11.9 Å². The smallest absolute Gasteiger partial charge is 0.303 e. The van der Waals surface area contributed by atoms with Gasteiger partial charge in [-0.15, -0.1) is 0 Å². The van der Waals surface area contributed by atoms with Crippen molar-refractivity contribution in [2.24, 2.45) is 0 Å². The molecule has 48 heavy (non-hydrogen) atoms. The molecular weight excluding hydrogens is 602 g/mol. The van der Waals surface area contributed by atoms with E-state index in [1.807, 2.05) is 0 Å². The number of carbonyl (C=O) groups excluding carboxylic acids is 3. The van der Waals surface area contributed by atoms with E-state index in [0.29, 0.717) is 12.8 Å². The Kier molecular flexibility index (Phi) is 34.0. The van der Waals surface area contributed by atoms with Crippen molar-refractivity contribution in [2.75, 3.05) is 6.61 Å². The van der Waals surface area contributed by atoms with Crippen LogP contribution in [0.25, 0.3) is 0 Å². The fourth-order valence-electron chi connectivity index (χ4n) is 6.64. The van der Waals surface area contributed by atoms with E-state index < -0.39 is 36.8 Å². The van der Waals surface area contributed by atoms with Gasteiger partial charge in [0.2, 0.25) is 5.91 Å². The summed E-state index contributed by atoms with van der Waals surface area (Å²) < 4.78 is 11.1. The first-order valence-electron chi connectivity index (χ1n) is 20.6. The lowest BCUT2D eigenvalue weighted by Crippen LogP contribution is -2.53. The Morgan fingerprint density at radius 2 is 0.833 bits per heavy atom. The number of amides is 1. The quantitative estimate of drug-likeness (QED) is 0.0504. The maximum absolute atomic E-state index is 12.8. The van der Waals surface area contributed by atoms with Crippen LogP contribution in [0.4, 0.5) is 0 Å². The Morgan fingerprint density at radius 3 is 1.17 bits per heavy atom. The van der Waals surface area contributed by atoms with Crippen LogP contribution in [0.15, 0.2) is 0 Å². The Balaban J connectivity index is 4.09. The highest BCUT2D eigenvalue weighted by molar-refractivity contribution is 5.76. The van der Waals surface area contributed by atoms with Gasteiger partial charge in [-0.25, -0.2) is 0 Å². The van der Waals surface area contributed by atoms with Crippen LogP contribution in [0.1, 0.15) is 220 Å². The van der Waals surface area contributed by atoms with Crippen LogP contribution in [0.5, 0.6) is 0 Å². The first kappa shape index (κ1) is 46.4. The minimum Gasteiger partial charge on any atom is -0.459 e. The summed E-state index contributed by atoms with van der Waals surface area (Å²) in [5.74, 6) is -1.18. The molecule has 0 unspecified atom stereocenters. The molecule has 0 saturated heterocycles. The monoisotopic (exact) mass is 682 g/mol. The van der Waals surface area contributed by atoms with Crippen molar-refractivity contribution < 1.29 is 29.0 Å². The standard InChI is InChI=1S/C41H79NO6/c1-5-7-9-11-13-14-15-16-17-18-19-20-21-22-23-24-25-26-28-30-32-34-40(46)42-38(35-43)41(48-37(4)45)39(47-36(3)44)33-31-29-27-12-10-8-6-2/h38-39,41,43H,5-35H2,1-4H3,(H,42,46)/t38-,39+,41-/m0/s1. The van der Waals surface area contributed by atoms with E-state index in [1.165, 1.54) is 155 Å². The van der Waals surface area contributed by atoms with Gasteiger partial charge in [0.15, 0.2) is 6.10 Å². The molecule has 0 radical (unpaired) electrons. The van der Waals surface area contributed by atoms with Crippen LogP contribution in [0, 0.1) is 0 Å². The summed E-state index contributed by atoms with van der Waals surface area (Å²) in [7, 11) is 0. The third-order valence-electron chi connectivity index (χ3n) is 9.53. The zero-order valence-electron chi connectivity index (χ0n) is 32.1. The van der Waals surface area contributed by atoms with Gasteiger partial charge in [-0.2, -0.15) is 0 Å². The Hall–Kier alpha value is -1.63. The second-order valence-electron chi connectivity index (χ2n) is 14.3. The van der Waals surface area contributed by atoms with Gasteiger partial charge in [-0.05, 0) is 19.3 Å². The molecule has 7 heteroatoms. The molecule has 0 aliphatic heterocycles. The fourth-order valence-corrected chi connectivity index (χ4v) is 6.64. The van der Waals surface area contributed by atoms with Crippen molar-refractivity contribution in [3.63, 3.8) is 0 Å². The van der Waals surface area contributed by atoms with Gasteiger partial charge in [0, 0.05) is 20.3 Å². The highest BCUT2D eigenvalue weighted by Crippen LogP contribution is 2.20. The van der Waals surface area contributed by atoms with Crippen LogP contribution in [-0.2, 0) is 23.9 Å². The molecule has 0 fully saturated rings. The SMILES string of the molecule is CCCCCCCCCCCCCCCCCCCCCCCC(=O)N[C@@H](CO)[C@H](OC(C)=O)[C@@H](CCCCCCCCC)OC(C)=O. The summed E-state index contributed by atoms with van der Waals surface area (Å²) >= 11 is 0. The van der Waals surface area contributed by atoms with E-state index in [0.717, 1.165) is 38.5 Å². The number of esters is 2. The molecule has 284 valence electrons. The van der Waals surface area contributed by atoms with Crippen LogP contribution in [-0.4, -0.2) is 47.8 Å². The van der Waals surface area contributed by atoms with Gasteiger partial charge in [0.1, 0.15) is 6.10 Å². The predicted octanol–water partition coefficient (Wildman–Crippen LogP) is 11.1. The summed E-state index contributed by atoms with van der Waals surface area (Å²) in [6.07, 6.45) is 34.7. The molecule has 0 heterocycles. The van der Waals surface area contributed by atoms with Crippen molar-refractivity contribution in [3.8, 4) is 0 Å². The number of ether oxygens (including phenoxy) is 2. The van der Waals surface area contributed by atoms with E-state index in [-0.39, 0.29) is 5.91 Å². The fraction of sp³-hybridized carbons (Fsp3) is 0.927. The van der Waals surface area contributed by atoms with Gasteiger partial charge in [-0.3, -0.25) is 14.4 Å². The van der Waals surface area contributed by atoms with Crippen molar-refractivity contribution in [2.45, 2.75) is 239 Å². The normalized spacial score (nSPS) is 13.2. The second kappa shape index (κ2) is 35.2. The lowest BCUT2D eigenvalue weighted by Gasteiger charge is -2.32. The number of unbranched alkanes of at least 4 members (excludes halogenated alkanes) is 26. The summed E-state index contributed by atoms with van der Waals surface area (Å²) in [5, 5.41) is 13.0. The number of aliphatic hydroxyl groups excluding tert-OH is 1. The molecule has 1 amide bonds. The van der Waals surface area contributed by atoms with Gasteiger partial charge < -0.3 is 19.9 Å². The summed E-state index contributed by atoms with van der Waals surface area (Å²) in [6, 6.07) is -0.829. The van der Waals surface area contributed by atoms with Gasteiger partial charge in [0.25, 0.3) is 0 Å². The molecule has 0 aromatic carbocycles. The molecule has 2 N–H and O–H groups in total. The minimum absolute atomic E-state index is 0.179. The third-order valence-corrected chi connectivity index (χ3v) is 9.53. The molecule has 0 bridgehead atoms. The molecule has 0 rings (SSSR count). The Bertz CT molecular complexity index is 744. The third kappa shape index (κ3) is 30.4. The van der Waals surface area contributed by atoms with E-state index in [2.05, 4.69) is 19.2 Å². The first-order valence-corrected chi connectivity index (χ1v) is 20.6. The van der Waals surface area contributed by atoms with Gasteiger partial charge in [-0.1, -0.05) is 181 Å². The largest absolute Gasteiger partial charge is 0.459 e. The molecule has 0 saturated carbocycles. The number of nitrogens with one attached hydrogen (secondary N) is 1. The highest BCUT2D eigenvalue weighted by atomic mass is 16.6. The maximum atomic E-state index is 12.8. The van der Waals surface area contributed by atoms with Crippen LogP contribution in [0.3, 0.4) is 0 Å². The van der Waals surface area contributed by atoms with Crippen molar-refractivity contribution >= 4 is 17.8 Å². The van der Waals surface area contributed by atoms with E-state index in [4.69, 9.17) is 9.47 Å². The maximum Gasteiger partial charge on any atom is 0.303 e. The van der Waals surface area contributed by atoms with Crippen LogP contribution < -0.4 is 5.32 Å². The Morgan fingerprint density at radius 1 is 0.500 bits per heavy atom. The second-order valence-corrected chi connectivity index (χ2v) is 14.3. The number of aliphatic hydroxyl groups is 1. The zero-order valence-corrected chi connectivity index (χ0v) is 32.1. The number of carbonyl (C=O) groups is 3. The molecule has 0 aliphatic carbocycles. The molecule has 0 aromatic heterocycles. The number of rotatable bonds is 36. The summed E-state index contributed by atoms with van der Waals surface area (Å²) in [5.41, 5.74) is 0. The van der Waals surface area contributed by atoms with Crippen LogP contribution in [0.2, 0.25) is 0 Å². The molecule has 7 nitrogen and oxygen atoms in total. The summed E-state index contributed by atoms with van der Waals surface area (Å²) in [4.78, 5) is 36.6. The van der Waals surface area contributed by atoms with E-state index in [1.54, 1.807) is 0 Å². The zero-order chi connectivity index (χ0) is 35.5. The Labute approximate surface area is 296 Å². The molecule has 3 atom stereocenters. The minimum atomic E-state index is -0.930. The summed E-state index contributed by atoms with van der Waals surface area (Å²) in [6.45, 7) is 6.69. The lowest BCUT2D eigenvalue weighted by atomic mass is 9.98. The highest BCUT2D eigenvalue weighted by Gasteiger charge is 2.35. The first-order chi connectivity index (χ1) is 23.3. The van der Waals surface area contributed by atoms with Crippen molar-refractivity contribution in [3.05, 3.63) is 0 Å². The van der Waals surface area contributed by atoms with E-state index in [9.17, 15) is 19.5 Å². The molecule has 0 aliphatic rings. The lowest BCUT2D eigenvalue weighted by molar-refractivity contribution is -0.170. The van der Waals surface area contributed by atoms with E-state index >= 15 is 0 Å². The molecular formula is C41H79NO6. The van der Waals surface area contributed by atoms with Gasteiger partial charge in [0.05, 0.1) is 12.6 Å². The topological polar surface area (TPSA) is 102 Å². The van der Waals surface area contributed by atoms with Crippen molar-refractivity contribution in [1.82, 2.24) is 5.32 Å². The molecule has 0 aromatic rings. The van der Waals surface area contributed by atoms with Crippen LogP contribution >= 0.6 is 0 Å². The molecule has 0 spiro atoms. The average molecular weight is 682 g/mol. The average Bonchev–Trinajstić information content (AvgIpc) is 3.05. The number of hydrogen-bond acceptors (Lipinski definition) is 6. The predicted molar refractivity (Wildman–Crippen MR) is 200 cm³/mol. The van der Waals surface area contributed by atoms with Crippen molar-refractivity contribution in [1.29, 1.82) is 0 Å².